The number of hydrogen-bond donors (Lipinski definition) is 0. The average molecular weight is 238 g/mol. The Morgan fingerprint density at radius 1 is 1.47 bits per heavy atom. The molecule has 0 aromatic carbocycles. The first-order chi connectivity index (χ1) is 8.35. The molecule has 5 nitrogen and oxygen atoms in total. The number of rotatable bonds is 5. The van der Waals surface area contributed by atoms with Crippen LogP contribution in [0.1, 0.15) is 61.6 Å². The highest BCUT2D eigenvalue weighted by Crippen LogP contribution is 2.35. The molecule has 0 radical (unpaired) electrons. The van der Waals surface area contributed by atoms with Crippen LogP contribution in [-0.4, -0.2) is 23.0 Å². The summed E-state index contributed by atoms with van der Waals surface area (Å²) in [5.74, 6) is 0.988. The van der Waals surface area contributed by atoms with E-state index in [2.05, 4.69) is 10.1 Å². The monoisotopic (exact) mass is 238 g/mol. The predicted molar refractivity (Wildman–Crippen MR) is 60.6 cm³/mol. The van der Waals surface area contributed by atoms with E-state index in [1.54, 1.807) is 0 Å². The minimum atomic E-state index is -0.127. The molecule has 0 saturated heterocycles. The zero-order valence-corrected chi connectivity index (χ0v) is 10.1. The smallest absolute Gasteiger partial charge is 0.290 e. The van der Waals surface area contributed by atoms with Crippen LogP contribution in [0.15, 0.2) is 4.52 Å². The number of aldehydes is 1. The van der Waals surface area contributed by atoms with Crippen LogP contribution < -0.4 is 0 Å². The number of carbonyl (C=O) groups is 1. The minimum Gasteiger partial charge on any atom is -0.370 e. The molecule has 1 saturated carbocycles. The molecule has 1 aromatic rings. The Kier molecular flexibility index (Phi) is 4.25. The molecular weight excluding hydrogens is 220 g/mol. The third-order valence-corrected chi connectivity index (χ3v) is 3.24. The summed E-state index contributed by atoms with van der Waals surface area (Å²) in [4.78, 5) is 14.6. The molecule has 94 valence electrons. The fourth-order valence-corrected chi connectivity index (χ4v) is 2.45. The van der Waals surface area contributed by atoms with Crippen molar-refractivity contribution in [3.05, 3.63) is 11.7 Å². The van der Waals surface area contributed by atoms with Gasteiger partial charge in [-0.25, -0.2) is 0 Å². The maximum atomic E-state index is 10.5. The number of aromatic nitrogens is 2. The van der Waals surface area contributed by atoms with Crippen LogP contribution >= 0.6 is 0 Å². The third kappa shape index (κ3) is 2.91. The highest BCUT2D eigenvalue weighted by atomic mass is 16.5. The predicted octanol–water partition coefficient (Wildman–Crippen LogP) is 2.54. The van der Waals surface area contributed by atoms with Gasteiger partial charge in [-0.1, -0.05) is 24.4 Å². The maximum absolute atomic E-state index is 10.5. The summed E-state index contributed by atoms with van der Waals surface area (Å²) in [5.41, 5.74) is 0. The van der Waals surface area contributed by atoms with Gasteiger partial charge < -0.3 is 9.26 Å². The highest BCUT2D eigenvalue weighted by Gasteiger charge is 2.29. The maximum Gasteiger partial charge on any atom is 0.290 e. The Bertz CT molecular complexity index is 358. The molecule has 1 aromatic heterocycles. The second-order valence-electron chi connectivity index (χ2n) is 4.38. The van der Waals surface area contributed by atoms with Crippen molar-refractivity contribution in [1.82, 2.24) is 10.1 Å². The molecule has 0 spiro atoms. The lowest BCUT2D eigenvalue weighted by atomic mass is 9.85. The quantitative estimate of drug-likeness (QED) is 0.737. The Morgan fingerprint density at radius 3 is 2.82 bits per heavy atom. The summed E-state index contributed by atoms with van der Waals surface area (Å²) >= 11 is 0. The molecule has 5 heteroatoms. The van der Waals surface area contributed by atoms with Gasteiger partial charge in [-0.15, -0.1) is 0 Å². The fraction of sp³-hybridized carbons (Fsp3) is 0.750. The number of carbonyl (C=O) groups excluding carboxylic acids is 1. The van der Waals surface area contributed by atoms with Crippen LogP contribution in [0.3, 0.4) is 0 Å². The van der Waals surface area contributed by atoms with Crippen LogP contribution in [0, 0.1) is 5.92 Å². The number of ether oxygens (including phenoxy) is 1. The summed E-state index contributed by atoms with van der Waals surface area (Å²) in [6.07, 6.45) is 6.46. The summed E-state index contributed by atoms with van der Waals surface area (Å²) in [5, 5.41) is 3.84. The molecule has 1 fully saturated rings. The molecule has 1 unspecified atom stereocenters. The molecule has 1 aliphatic rings. The van der Waals surface area contributed by atoms with E-state index in [9.17, 15) is 4.79 Å². The number of hydrogen-bond acceptors (Lipinski definition) is 5. The molecule has 2 rings (SSSR count). The second kappa shape index (κ2) is 5.91. The van der Waals surface area contributed by atoms with E-state index in [1.165, 1.54) is 19.3 Å². The Hall–Kier alpha value is -1.23. The Morgan fingerprint density at radius 2 is 2.24 bits per heavy atom. The average Bonchev–Trinajstić information content (AvgIpc) is 2.85. The van der Waals surface area contributed by atoms with E-state index in [0.717, 1.165) is 12.8 Å². The normalized spacial score (nSPS) is 19.1. The van der Waals surface area contributed by atoms with E-state index in [0.29, 0.717) is 24.6 Å². The SMILES string of the molecule is CCOC(c1noc(C=O)n1)C1CCCCC1. The van der Waals surface area contributed by atoms with Crippen molar-refractivity contribution < 1.29 is 14.1 Å². The molecule has 0 N–H and O–H groups in total. The van der Waals surface area contributed by atoms with Gasteiger partial charge in [0.05, 0.1) is 0 Å². The fourth-order valence-electron chi connectivity index (χ4n) is 2.45. The third-order valence-electron chi connectivity index (χ3n) is 3.24. The van der Waals surface area contributed by atoms with Gasteiger partial charge in [0, 0.05) is 6.61 Å². The molecule has 1 atom stereocenters. The molecule has 0 amide bonds. The van der Waals surface area contributed by atoms with Crippen molar-refractivity contribution in [1.29, 1.82) is 0 Å². The van der Waals surface area contributed by atoms with E-state index >= 15 is 0 Å². The number of nitrogens with zero attached hydrogens (tertiary/aromatic N) is 2. The van der Waals surface area contributed by atoms with Gasteiger partial charge >= 0.3 is 0 Å². The van der Waals surface area contributed by atoms with Crippen LogP contribution in [0.2, 0.25) is 0 Å². The molecule has 0 aliphatic heterocycles. The Balaban J connectivity index is 2.11. The van der Waals surface area contributed by atoms with Crippen LogP contribution in [0.5, 0.6) is 0 Å². The zero-order valence-electron chi connectivity index (χ0n) is 10.1. The van der Waals surface area contributed by atoms with Gasteiger partial charge in [0.15, 0.2) is 0 Å². The largest absolute Gasteiger partial charge is 0.370 e. The van der Waals surface area contributed by atoms with Gasteiger partial charge in [0.2, 0.25) is 12.1 Å². The molecule has 17 heavy (non-hydrogen) atoms. The first kappa shape index (κ1) is 12.2. The second-order valence-corrected chi connectivity index (χ2v) is 4.38. The van der Waals surface area contributed by atoms with Gasteiger partial charge in [-0.3, -0.25) is 4.79 Å². The van der Waals surface area contributed by atoms with E-state index in [-0.39, 0.29) is 12.0 Å². The highest BCUT2D eigenvalue weighted by molar-refractivity contribution is 5.66. The van der Waals surface area contributed by atoms with E-state index in [1.807, 2.05) is 6.92 Å². The molecular formula is C12H18N2O3. The van der Waals surface area contributed by atoms with Crippen LogP contribution in [-0.2, 0) is 4.74 Å². The van der Waals surface area contributed by atoms with Crippen molar-refractivity contribution >= 4 is 6.29 Å². The first-order valence-electron chi connectivity index (χ1n) is 6.25. The summed E-state index contributed by atoms with van der Waals surface area (Å²) in [6.45, 7) is 2.57. The van der Waals surface area contributed by atoms with Gasteiger partial charge in [-0.2, -0.15) is 4.98 Å². The topological polar surface area (TPSA) is 65.2 Å². The van der Waals surface area contributed by atoms with Crippen molar-refractivity contribution in [3.63, 3.8) is 0 Å². The van der Waals surface area contributed by atoms with E-state index < -0.39 is 0 Å². The molecule has 0 bridgehead atoms. The standard InChI is InChI=1S/C12H18N2O3/c1-2-16-11(9-6-4-3-5-7-9)12-13-10(8-15)17-14-12/h8-9,11H,2-7H2,1H3. The molecule has 1 aliphatic carbocycles. The first-order valence-corrected chi connectivity index (χ1v) is 6.25. The minimum absolute atomic E-state index is 0.0283. The zero-order chi connectivity index (χ0) is 12.1. The van der Waals surface area contributed by atoms with Crippen LogP contribution in [0.25, 0.3) is 0 Å². The van der Waals surface area contributed by atoms with Crippen LogP contribution in [0.4, 0.5) is 0 Å². The van der Waals surface area contributed by atoms with Crippen molar-refractivity contribution in [3.8, 4) is 0 Å². The summed E-state index contributed by atoms with van der Waals surface area (Å²) in [7, 11) is 0. The summed E-state index contributed by atoms with van der Waals surface area (Å²) in [6, 6.07) is 0. The lowest BCUT2D eigenvalue weighted by molar-refractivity contribution is -0.00145. The lowest BCUT2D eigenvalue weighted by Gasteiger charge is -2.27. The van der Waals surface area contributed by atoms with Gasteiger partial charge in [0.25, 0.3) is 5.89 Å². The van der Waals surface area contributed by atoms with Crippen molar-refractivity contribution in [2.24, 2.45) is 5.92 Å². The van der Waals surface area contributed by atoms with Crippen molar-refractivity contribution in [2.75, 3.05) is 6.61 Å². The van der Waals surface area contributed by atoms with Crippen molar-refractivity contribution in [2.45, 2.75) is 45.1 Å². The van der Waals surface area contributed by atoms with E-state index in [4.69, 9.17) is 9.26 Å². The lowest BCUT2D eigenvalue weighted by Crippen LogP contribution is -2.20. The van der Waals surface area contributed by atoms with Gasteiger partial charge in [0.1, 0.15) is 6.10 Å². The molecule has 1 heterocycles. The van der Waals surface area contributed by atoms with Gasteiger partial charge in [-0.05, 0) is 25.7 Å². The Labute approximate surface area is 101 Å². The summed E-state index contributed by atoms with van der Waals surface area (Å²) < 4.78 is 10.5.